The highest BCUT2D eigenvalue weighted by Gasteiger charge is 2.41. The van der Waals surface area contributed by atoms with Gasteiger partial charge in [-0.1, -0.05) is 16.9 Å². The summed E-state index contributed by atoms with van der Waals surface area (Å²) in [5, 5.41) is 10.5. The van der Waals surface area contributed by atoms with Crippen molar-refractivity contribution in [1.82, 2.24) is 29.6 Å². The average molecular weight is 481 g/mol. The molecule has 3 aromatic heterocycles. The number of nitrogens with zero attached hydrogens (tertiary/aromatic N) is 4. The monoisotopic (exact) mass is 480 g/mol. The van der Waals surface area contributed by atoms with Gasteiger partial charge in [-0.15, -0.1) is 10.2 Å². The van der Waals surface area contributed by atoms with Crippen LogP contribution in [0, 0.1) is 0 Å². The first-order chi connectivity index (χ1) is 15.2. The lowest BCUT2D eigenvalue weighted by molar-refractivity contribution is 0.150. The van der Waals surface area contributed by atoms with Crippen LogP contribution in [0.4, 0.5) is 8.78 Å². The summed E-state index contributed by atoms with van der Waals surface area (Å²) in [5.41, 5.74) is 3.21. The molecule has 8 nitrogen and oxygen atoms in total. The van der Waals surface area contributed by atoms with E-state index >= 15 is 0 Å². The molecule has 12 heteroatoms. The molecule has 0 amide bonds. The van der Waals surface area contributed by atoms with Gasteiger partial charge in [0.05, 0.1) is 16.6 Å². The Morgan fingerprint density at radius 1 is 1.31 bits per heavy atom. The summed E-state index contributed by atoms with van der Waals surface area (Å²) in [5.74, 6) is 0.285. The van der Waals surface area contributed by atoms with Crippen molar-refractivity contribution in [3.63, 3.8) is 0 Å². The van der Waals surface area contributed by atoms with E-state index < -0.39 is 27.0 Å². The third-order valence-electron chi connectivity index (χ3n) is 5.91. The fourth-order valence-corrected chi connectivity index (χ4v) is 6.06. The Kier molecular flexibility index (Phi) is 5.15. The van der Waals surface area contributed by atoms with Crippen molar-refractivity contribution in [2.45, 2.75) is 50.0 Å². The molecule has 32 heavy (non-hydrogen) atoms. The van der Waals surface area contributed by atoms with Gasteiger partial charge in [-0.3, -0.25) is 4.40 Å². The maximum Gasteiger partial charge on any atom is 0.291 e. The quantitative estimate of drug-likeness (QED) is 0.561. The van der Waals surface area contributed by atoms with Crippen LogP contribution in [-0.4, -0.2) is 46.6 Å². The van der Waals surface area contributed by atoms with Crippen molar-refractivity contribution in [1.29, 1.82) is 0 Å². The van der Waals surface area contributed by atoms with Gasteiger partial charge in [0, 0.05) is 23.8 Å². The number of hydrogen-bond donors (Lipinski definition) is 2. The zero-order valence-corrected chi connectivity index (χ0v) is 19.2. The minimum absolute atomic E-state index is 0.102. The van der Waals surface area contributed by atoms with Crippen LogP contribution in [0.3, 0.4) is 0 Å². The van der Waals surface area contributed by atoms with E-state index in [1.54, 1.807) is 16.7 Å². The lowest BCUT2D eigenvalue weighted by Crippen LogP contribution is -2.34. The second-order valence-electron chi connectivity index (χ2n) is 8.52. The summed E-state index contributed by atoms with van der Waals surface area (Å²) in [6.45, 7) is 5.38. The number of pyridine rings is 1. The van der Waals surface area contributed by atoms with Crippen molar-refractivity contribution < 1.29 is 17.2 Å². The van der Waals surface area contributed by atoms with E-state index in [1.165, 1.54) is 6.20 Å². The summed E-state index contributed by atoms with van der Waals surface area (Å²) >= 11 is 0.746. The first kappa shape index (κ1) is 21.6. The van der Waals surface area contributed by atoms with Gasteiger partial charge in [-0.2, -0.15) is 0 Å². The number of halogens is 2. The number of rotatable bonds is 6. The highest BCUT2D eigenvalue weighted by Crippen LogP contribution is 2.38. The third kappa shape index (κ3) is 3.85. The fourth-order valence-electron chi connectivity index (χ4n) is 3.88. The average Bonchev–Trinajstić information content (AvgIpc) is 3.14. The van der Waals surface area contributed by atoms with Crippen LogP contribution in [-0.2, 0) is 10.0 Å². The molecule has 0 radical (unpaired) electrons. The molecule has 0 atom stereocenters. The lowest BCUT2D eigenvalue weighted by Gasteiger charge is -2.21. The molecule has 5 rings (SSSR count). The Bertz CT molecular complexity index is 1340. The zero-order chi connectivity index (χ0) is 22.7. The Morgan fingerprint density at radius 2 is 2.09 bits per heavy atom. The molecule has 3 aromatic rings. The van der Waals surface area contributed by atoms with Crippen LogP contribution in [0.5, 0.6) is 0 Å². The molecule has 0 aromatic carbocycles. The van der Waals surface area contributed by atoms with Crippen molar-refractivity contribution >= 4 is 32.4 Å². The van der Waals surface area contributed by atoms with E-state index in [-0.39, 0.29) is 15.7 Å². The molecular formula is C20H22F2N6O2S2. The molecule has 1 fully saturated rings. The molecular weight excluding hydrogens is 458 g/mol. The molecule has 0 spiro atoms. The number of imidazole rings is 1. The van der Waals surface area contributed by atoms with Gasteiger partial charge in [0.2, 0.25) is 10.0 Å². The van der Waals surface area contributed by atoms with Gasteiger partial charge in [0.1, 0.15) is 0 Å². The molecule has 1 saturated carbocycles. The van der Waals surface area contributed by atoms with Crippen LogP contribution in [0.2, 0.25) is 0 Å². The molecule has 2 N–H and O–H groups in total. The van der Waals surface area contributed by atoms with Crippen LogP contribution >= 0.6 is 11.3 Å². The van der Waals surface area contributed by atoms with Crippen LogP contribution < -0.4 is 10.0 Å². The number of aromatic nitrogens is 4. The van der Waals surface area contributed by atoms with Crippen LogP contribution in [0.15, 0.2) is 28.9 Å². The van der Waals surface area contributed by atoms with E-state index in [0.717, 1.165) is 53.9 Å². The fraction of sp³-hybridized carbons (Fsp3) is 0.450. The third-order valence-corrected chi connectivity index (χ3v) is 8.44. The predicted molar refractivity (Wildman–Crippen MR) is 117 cm³/mol. The van der Waals surface area contributed by atoms with Gasteiger partial charge < -0.3 is 5.32 Å². The first-order valence-electron chi connectivity index (χ1n) is 10.2. The summed E-state index contributed by atoms with van der Waals surface area (Å²) in [7, 11) is -3.80. The normalized spacial score (nSPS) is 18.7. The maximum atomic E-state index is 13.2. The SMILES string of the molecule is CC1=C(c2cc(S(=O)(=O)NC3(C)CC3)cn3c(-c4nnc(C(F)F)s4)ncc23)CCNC1. The number of alkyl halides is 2. The van der Waals surface area contributed by atoms with Gasteiger partial charge in [0.15, 0.2) is 15.8 Å². The molecule has 4 heterocycles. The first-order valence-corrected chi connectivity index (χ1v) is 12.5. The van der Waals surface area contributed by atoms with Crippen molar-refractivity contribution in [2.75, 3.05) is 13.1 Å². The standard InChI is InChI=1S/C20H22F2N6O2S2/c1-11-8-23-6-3-13(11)14-7-12(32(29,30)27-20(2)4-5-20)10-28-15(14)9-24-17(28)19-26-25-18(31-19)16(21)22/h7,9-10,16,23,27H,3-6,8H2,1-2H3. The highest BCUT2D eigenvalue weighted by molar-refractivity contribution is 7.89. The second kappa shape index (κ2) is 7.65. The second-order valence-corrected chi connectivity index (χ2v) is 11.2. The number of sulfonamides is 1. The van der Waals surface area contributed by atoms with Gasteiger partial charge in [-0.25, -0.2) is 26.9 Å². The van der Waals surface area contributed by atoms with Crippen molar-refractivity contribution in [3.05, 3.63) is 34.6 Å². The largest absolute Gasteiger partial charge is 0.313 e. The van der Waals surface area contributed by atoms with E-state index in [1.807, 2.05) is 13.8 Å². The van der Waals surface area contributed by atoms with Gasteiger partial charge >= 0.3 is 0 Å². The predicted octanol–water partition coefficient (Wildman–Crippen LogP) is 3.39. The molecule has 1 aliphatic heterocycles. The molecule has 1 aliphatic carbocycles. The molecule has 0 bridgehead atoms. The summed E-state index contributed by atoms with van der Waals surface area (Å²) in [6, 6.07) is 1.68. The molecule has 2 aliphatic rings. The van der Waals surface area contributed by atoms with Crippen molar-refractivity contribution in [2.24, 2.45) is 0 Å². The Balaban J connectivity index is 1.72. The highest BCUT2D eigenvalue weighted by atomic mass is 32.2. The summed E-state index contributed by atoms with van der Waals surface area (Å²) < 4.78 is 56.9. The molecule has 170 valence electrons. The topological polar surface area (TPSA) is 101 Å². The Hall–Kier alpha value is -2.28. The molecule has 0 saturated heterocycles. The number of fused-ring (bicyclic) bond motifs is 1. The molecule has 0 unspecified atom stereocenters. The van der Waals surface area contributed by atoms with Crippen LogP contribution in [0.1, 0.15) is 50.1 Å². The Labute approximate surface area is 187 Å². The maximum absolute atomic E-state index is 13.2. The number of hydrogen-bond acceptors (Lipinski definition) is 7. The van der Waals surface area contributed by atoms with E-state index in [4.69, 9.17) is 0 Å². The number of nitrogens with one attached hydrogen (secondary N) is 2. The van der Waals surface area contributed by atoms with Gasteiger partial charge in [0.25, 0.3) is 6.43 Å². The van der Waals surface area contributed by atoms with E-state index in [9.17, 15) is 17.2 Å². The van der Waals surface area contributed by atoms with Gasteiger partial charge in [-0.05, 0) is 51.3 Å². The smallest absolute Gasteiger partial charge is 0.291 e. The van der Waals surface area contributed by atoms with Crippen LogP contribution in [0.25, 0.3) is 21.9 Å². The summed E-state index contributed by atoms with van der Waals surface area (Å²) in [4.78, 5) is 4.50. The Morgan fingerprint density at radius 3 is 2.75 bits per heavy atom. The lowest BCUT2D eigenvalue weighted by atomic mass is 9.95. The van der Waals surface area contributed by atoms with Crippen molar-refractivity contribution in [3.8, 4) is 10.8 Å². The minimum Gasteiger partial charge on any atom is -0.313 e. The summed E-state index contributed by atoms with van der Waals surface area (Å²) in [6.07, 6.45) is 2.69. The zero-order valence-electron chi connectivity index (χ0n) is 17.5. The van der Waals surface area contributed by atoms with E-state index in [0.29, 0.717) is 12.1 Å². The minimum atomic E-state index is -3.80. The van der Waals surface area contributed by atoms with E-state index in [2.05, 4.69) is 25.2 Å².